The number of hydrogen-bond donors (Lipinski definition) is 2. The normalized spacial score (nSPS) is 15.2. The molecule has 3 nitrogen and oxygen atoms in total. The van der Waals surface area contributed by atoms with Crippen LogP contribution in [0, 0.1) is 11.3 Å². The van der Waals surface area contributed by atoms with Crippen LogP contribution < -0.4 is 0 Å². The third kappa shape index (κ3) is 6.14. The molecule has 2 N–H and O–H groups in total. The molecule has 0 aliphatic heterocycles. The summed E-state index contributed by atoms with van der Waals surface area (Å²) in [6.45, 7) is 2.07. The van der Waals surface area contributed by atoms with Crippen molar-refractivity contribution in [2.75, 3.05) is 0 Å². The highest BCUT2D eigenvalue weighted by atomic mass is 16.3. The number of nitriles is 1. The number of hydrogen-bond acceptors (Lipinski definition) is 3. The number of aliphatic hydroxyl groups excluding tert-OH is 2. The maximum absolute atomic E-state index is 9.30. The summed E-state index contributed by atoms with van der Waals surface area (Å²) in [4.78, 5) is 0. The summed E-state index contributed by atoms with van der Waals surface area (Å²) < 4.78 is 0. The molecule has 0 aromatic rings. The molecule has 0 saturated carbocycles. The van der Waals surface area contributed by atoms with E-state index in [1.807, 2.05) is 0 Å². The molecule has 0 aliphatic carbocycles. The van der Waals surface area contributed by atoms with Crippen LogP contribution in [0.25, 0.3) is 0 Å². The van der Waals surface area contributed by atoms with Gasteiger partial charge in [-0.15, -0.1) is 0 Å². The van der Waals surface area contributed by atoms with Crippen LogP contribution in [0.5, 0.6) is 0 Å². The van der Waals surface area contributed by atoms with Crippen LogP contribution in [0.1, 0.15) is 39.0 Å². The van der Waals surface area contributed by atoms with Gasteiger partial charge in [-0.25, -0.2) is 0 Å². The Morgan fingerprint density at radius 3 is 2.42 bits per heavy atom. The van der Waals surface area contributed by atoms with E-state index in [-0.39, 0.29) is 6.10 Å². The van der Waals surface area contributed by atoms with E-state index < -0.39 is 6.10 Å². The molecule has 0 rings (SSSR count). The lowest BCUT2D eigenvalue weighted by atomic mass is 10.1. The summed E-state index contributed by atoms with van der Waals surface area (Å²) in [6.07, 6.45) is 2.47. The van der Waals surface area contributed by atoms with Gasteiger partial charge in [0, 0.05) is 0 Å². The van der Waals surface area contributed by atoms with Crippen LogP contribution in [-0.2, 0) is 0 Å². The Labute approximate surface area is 73.6 Å². The average molecular weight is 171 g/mol. The van der Waals surface area contributed by atoms with Gasteiger partial charge >= 0.3 is 0 Å². The van der Waals surface area contributed by atoms with Crippen LogP contribution in [0.4, 0.5) is 0 Å². The summed E-state index contributed by atoms with van der Waals surface area (Å²) in [5.41, 5.74) is 0. The van der Waals surface area contributed by atoms with Gasteiger partial charge in [-0.3, -0.25) is 0 Å². The van der Waals surface area contributed by atoms with Gasteiger partial charge in [-0.05, 0) is 19.3 Å². The van der Waals surface area contributed by atoms with Crippen LogP contribution >= 0.6 is 0 Å². The number of nitrogens with zero attached hydrogens (tertiary/aromatic N) is 1. The largest absolute Gasteiger partial charge is 0.393 e. The number of unbranched alkanes of at least 4 members (excludes halogenated alkanes) is 1. The summed E-state index contributed by atoms with van der Waals surface area (Å²) in [5, 5.41) is 26.4. The molecular weight excluding hydrogens is 154 g/mol. The Balaban J connectivity index is 3.31. The quantitative estimate of drug-likeness (QED) is 0.590. The molecule has 70 valence electrons. The number of aliphatic hydroxyl groups is 2. The van der Waals surface area contributed by atoms with E-state index in [1.165, 1.54) is 0 Å². The van der Waals surface area contributed by atoms with E-state index in [1.54, 1.807) is 6.07 Å². The minimum Gasteiger partial charge on any atom is -0.393 e. The van der Waals surface area contributed by atoms with Gasteiger partial charge in [0.15, 0.2) is 0 Å². The lowest BCUT2D eigenvalue weighted by molar-refractivity contribution is 0.126. The lowest BCUT2D eigenvalue weighted by Gasteiger charge is -2.09. The van der Waals surface area contributed by atoms with Gasteiger partial charge in [-0.2, -0.15) is 5.26 Å². The van der Waals surface area contributed by atoms with Crippen molar-refractivity contribution < 1.29 is 10.2 Å². The smallest absolute Gasteiger partial charge is 0.140 e. The second-order valence-electron chi connectivity index (χ2n) is 3.02. The first-order valence-corrected chi connectivity index (χ1v) is 4.46. The van der Waals surface area contributed by atoms with Crippen molar-refractivity contribution in [1.82, 2.24) is 0 Å². The Hall–Kier alpha value is -0.590. The van der Waals surface area contributed by atoms with Crippen LogP contribution in [0.3, 0.4) is 0 Å². The van der Waals surface area contributed by atoms with Gasteiger partial charge in [-0.1, -0.05) is 19.8 Å². The molecule has 0 fully saturated rings. The molecule has 0 aromatic heterocycles. The molecule has 0 amide bonds. The summed E-state index contributed by atoms with van der Waals surface area (Å²) in [5.74, 6) is 0. The van der Waals surface area contributed by atoms with E-state index >= 15 is 0 Å². The molecule has 0 heterocycles. The third-order valence-corrected chi connectivity index (χ3v) is 1.81. The zero-order valence-corrected chi connectivity index (χ0v) is 7.53. The van der Waals surface area contributed by atoms with E-state index in [2.05, 4.69) is 6.92 Å². The summed E-state index contributed by atoms with van der Waals surface area (Å²) in [7, 11) is 0. The molecule has 0 aliphatic rings. The monoisotopic (exact) mass is 171 g/mol. The molecule has 0 spiro atoms. The predicted octanol–water partition coefficient (Wildman–Crippen LogP) is 1.20. The van der Waals surface area contributed by atoms with Crippen molar-refractivity contribution in [2.45, 2.75) is 51.2 Å². The topological polar surface area (TPSA) is 64.2 Å². The average Bonchev–Trinajstić information content (AvgIpc) is 2.10. The fourth-order valence-corrected chi connectivity index (χ4v) is 0.999. The van der Waals surface area contributed by atoms with Crippen molar-refractivity contribution in [3.8, 4) is 6.07 Å². The maximum atomic E-state index is 9.30. The Morgan fingerprint density at radius 2 is 1.92 bits per heavy atom. The summed E-state index contributed by atoms with van der Waals surface area (Å²) in [6, 6.07) is 1.72. The predicted molar refractivity (Wildman–Crippen MR) is 46.4 cm³/mol. The Bertz CT molecular complexity index is 142. The van der Waals surface area contributed by atoms with Crippen molar-refractivity contribution in [3.63, 3.8) is 0 Å². The van der Waals surface area contributed by atoms with E-state index in [4.69, 9.17) is 10.4 Å². The first kappa shape index (κ1) is 11.4. The third-order valence-electron chi connectivity index (χ3n) is 1.81. The van der Waals surface area contributed by atoms with E-state index in [0.29, 0.717) is 12.8 Å². The Morgan fingerprint density at radius 1 is 1.25 bits per heavy atom. The highest BCUT2D eigenvalue weighted by Crippen LogP contribution is 2.07. The maximum Gasteiger partial charge on any atom is 0.140 e. The van der Waals surface area contributed by atoms with Crippen LogP contribution in [0.2, 0.25) is 0 Å². The van der Waals surface area contributed by atoms with E-state index in [0.717, 1.165) is 19.3 Å². The van der Waals surface area contributed by atoms with E-state index in [9.17, 15) is 5.11 Å². The van der Waals surface area contributed by atoms with Gasteiger partial charge in [0.25, 0.3) is 0 Å². The first-order chi connectivity index (χ1) is 5.70. The fourth-order valence-electron chi connectivity index (χ4n) is 0.999. The zero-order valence-electron chi connectivity index (χ0n) is 7.53. The Kier molecular flexibility index (Phi) is 6.73. The summed E-state index contributed by atoms with van der Waals surface area (Å²) >= 11 is 0. The van der Waals surface area contributed by atoms with Gasteiger partial charge < -0.3 is 10.2 Å². The molecule has 3 heteroatoms. The second kappa shape index (κ2) is 7.08. The molecule has 2 unspecified atom stereocenters. The standard InChI is InChI=1S/C9H17NO2/c1-2-3-4-8(11)5-6-9(12)7-10/h8-9,11-12H,2-6H2,1H3. The zero-order chi connectivity index (χ0) is 9.40. The highest BCUT2D eigenvalue weighted by Gasteiger charge is 2.07. The van der Waals surface area contributed by atoms with Gasteiger partial charge in [0.2, 0.25) is 0 Å². The molecule has 0 bridgehead atoms. The fraction of sp³-hybridized carbons (Fsp3) is 0.889. The van der Waals surface area contributed by atoms with Crippen LogP contribution in [0.15, 0.2) is 0 Å². The van der Waals surface area contributed by atoms with Crippen molar-refractivity contribution in [1.29, 1.82) is 5.26 Å². The molecular formula is C9H17NO2. The molecule has 0 saturated heterocycles. The minimum absolute atomic E-state index is 0.354. The molecule has 0 aromatic carbocycles. The van der Waals surface area contributed by atoms with Gasteiger partial charge in [0.1, 0.15) is 6.10 Å². The van der Waals surface area contributed by atoms with Crippen LogP contribution in [-0.4, -0.2) is 22.4 Å². The minimum atomic E-state index is -0.915. The highest BCUT2D eigenvalue weighted by molar-refractivity contribution is 4.82. The molecule has 0 radical (unpaired) electrons. The lowest BCUT2D eigenvalue weighted by Crippen LogP contribution is -2.11. The van der Waals surface area contributed by atoms with Crippen molar-refractivity contribution in [3.05, 3.63) is 0 Å². The van der Waals surface area contributed by atoms with Crippen molar-refractivity contribution >= 4 is 0 Å². The van der Waals surface area contributed by atoms with Crippen molar-refractivity contribution in [2.24, 2.45) is 0 Å². The first-order valence-electron chi connectivity index (χ1n) is 4.46. The second-order valence-corrected chi connectivity index (χ2v) is 3.02. The molecule has 2 atom stereocenters. The SMILES string of the molecule is CCCCC(O)CCC(O)C#N. The number of rotatable bonds is 6. The van der Waals surface area contributed by atoms with Gasteiger partial charge in [0.05, 0.1) is 12.2 Å². The molecule has 12 heavy (non-hydrogen) atoms.